The van der Waals surface area contributed by atoms with Gasteiger partial charge in [-0.05, 0) is 188 Å². The smallest absolute Gasteiger partial charge is 0.227 e. The number of nitrogens with zero attached hydrogens (tertiary/aromatic N) is 4. The van der Waals surface area contributed by atoms with E-state index < -0.39 is 5.41 Å². The van der Waals surface area contributed by atoms with Gasteiger partial charge in [0.15, 0.2) is 11.2 Å². The third kappa shape index (κ3) is 9.20. The van der Waals surface area contributed by atoms with Crippen LogP contribution in [0.1, 0.15) is 97.2 Å². The molecule has 16 rings (SSSR count). The van der Waals surface area contributed by atoms with E-state index in [1.165, 1.54) is 33.4 Å². The Kier molecular flexibility index (Phi) is 13.4. The van der Waals surface area contributed by atoms with E-state index in [0.717, 1.165) is 123 Å². The van der Waals surface area contributed by atoms with Crippen molar-refractivity contribution in [1.29, 1.82) is 0 Å². The van der Waals surface area contributed by atoms with Crippen molar-refractivity contribution in [2.24, 2.45) is 0 Å². The van der Waals surface area contributed by atoms with Crippen molar-refractivity contribution in [2.45, 2.75) is 85.5 Å². The third-order valence-corrected chi connectivity index (χ3v) is 19.6. The van der Waals surface area contributed by atoms with Crippen molar-refractivity contribution >= 4 is 56.3 Å². The SMILES string of the molecule is Cc1cccc(C)c1-c1nc2c(N(c3ccc(-c4ccccc4)cc3)c3ccc(C(C)(C)C)cc3)cc3c(c2o1)-c1c(cc(N(c2ccc(-c4ccccc4)cc2)c2ccc(C(C)(C)C)cc2)c2nc(-c4c(C)cccc4C)oc12)C31c2ccccc2-c2ccccc21. The lowest BCUT2D eigenvalue weighted by atomic mass is 9.70. The molecule has 2 aliphatic carbocycles. The largest absolute Gasteiger partial charge is 0.435 e. The first-order valence-corrected chi connectivity index (χ1v) is 32.5. The highest BCUT2D eigenvalue weighted by Gasteiger charge is 2.55. The second kappa shape index (κ2) is 21.7. The molecule has 0 fully saturated rings. The molecule has 452 valence electrons. The van der Waals surface area contributed by atoms with Crippen LogP contribution in [0.5, 0.6) is 0 Å². The fourth-order valence-corrected chi connectivity index (χ4v) is 15.0. The number of aromatic nitrogens is 2. The van der Waals surface area contributed by atoms with Gasteiger partial charge in [0.25, 0.3) is 0 Å². The molecular formula is C87H72N4O2. The molecule has 6 nitrogen and oxygen atoms in total. The number of fused-ring (bicyclic) bond motifs is 14. The predicted molar refractivity (Wildman–Crippen MR) is 385 cm³/mol. The minimum atomic E-state index is -0.946. The van der Waals surface area contributed by atoms with Crippen LogP contribution in [0.2, 0.25) is 0 Å². The third-order valence-electron chi connectivity index (χ3n) is 19.6. The van der Waals surface area contributed by atoms with Crippen molar-refractivity contribution < 1.29 is 8.83 Å². The average Bonchev–Trinajstić information content (AvgIpc) is 1.49. The number of hydrogen-bond acceptors (Lipinski definition) is 6. The molecule has 14 aromatic rings. The summed E-state index contributed by atoms with van der Waals surface area (Å²) in [6, 6.07) is 93.3. The molecule has 0 atom stereocenters. The number of rotatable bonds is 10. The summed E-state index contributed by atoms with van der Waals surface area (Å²) in [5, 5.41) is 0. The lowest BCUT2D eigenvalue weighted by molar-refractivity contribution is 0.590. The summed E-state index contributed by atoms with van der Waals surface area (Å²) < 4.78 is 15.5. The second-order valence-corrected chi connectivity index (χ2v) is 27.5. The lowest BCUT2D eigenvalue weighted by Gasteiger charge is -2.33. The van der Waals surface area contributed by atoms with Gasteiger partial charge in [0, 0.05) is 45.0 Å². The van der Waals surface area contributed by atoms with Gasteiger partial charge in [0.1, 0.15) is 11.0 Å². The van der Waals surface area contributed by atoms with Gasteiger partial charge in [-0.1, -0.05) is 236 Å². The average molecular weight is 1210 g/mol. The molecule has 0 radical (unpaired) electrons. The fraction of sp³-hybridized carbons (Fsp3) is 0.149. The lowest BCUT2D eigenvalue weighted by Crippen LogP contribution is -2.26. The number of anilines is 6. The molecule has 0 unspecified atom stereocenters. The van der Waals surface area contributed by atoms with E-state index in [9.17, 15) is 0 Å². The van der Waals surface area contributed by atoms with Crippen molar-refractivity contribution in [1.82, 2.24) is 9.97 Å². The molecule has 0 bridgehead atoms. The Morgan fingerprint density at radius 1 is 0.312 bits per heavy atom. The first-order valence-electron chi connectivity index (χ1n) is 32.5. The number of aryl methyl sites for hydroxylation is 4. The molecule has 0 N–H and O–H groups in total. The van der Waals surface area contributed by atoms with Gasteiger partial charge in [-0.25, -0.2) is 9.97 Å². The molecule has 1 spiro atoms. The Morgan fingerprint density at radius 3 is 0.968 bits per heavy atom. The molecule has 6 heteroatoms. The van der Waals surface area contributed by atoms with E-state index in [1.54, 1.807) is 0 Å². The topological polar surface area (TPSA) is 58.5 Å². The Bertz CT molecular complexity index is 4870. The number of hydrogen-bond donors (Lipinski definition) is 0. The number of oxazole rings is 2. The monoisotopic (exact) mass is 1200 g/mol. The van der Waals surface area contributed by atoms with Crippen LogP contribution in [-0.2, 0) is 16.2 Å². The van der Waals surface area contributed by atoms with Gasteiger partial charge < -0.3 is 18.6 Å². The van der Waals surface area contributed by atoms with Crippen LogP contribution >= 0.6 is 0 Å². The van der Waals surface area contributed by atoms with E-state index in [2.05, 4.69) is 334 Å². The van der Waals surface area contributed by atoms with Crippen LogP contribution in [0.3, 0.4) is 0 Å². The zero-order chi connectivity index (χ0) is 63.7. The molecule has 0 aliphatic heterocycles. The number of benzene rings is 12. The molecule has 0 saturated carbocycles. The normalized spacial score (nSPS) is 12.9. The van der Waals surface area contributed by atoms with Crippen molar-refractivity contribution in [3.63, 3.8) is 0 Å². The minimum absolute atomic E-state index is 0.0743. The van der Waals surface area contributed by atoms with Crippen LogP contribution in [0.15, 0.2) is 264 Å². The molecule has 2 aromatic heterocycles. The van der Waals surface area contributed by atoms with Crippen molar-refractivity contribution in [2.75, 3.05) is 9.80 Å². The van der Waals surface area contributed by atoms with E-state index >= 15 is 0 Å². The highest BCUT2D eigenvalue weighted by Crippen LogP contribution is 2.67. The summed E-state index contributed by atoms with van der Waals surface area (Å²) in [5.41, 5.74) is 29.4. The zero-order valence-corrected chi connectivity index (χ0v) is 54.4. The minimum Gasteiger partial charge on any atom is -0.435 e. The Labute approximate surface area is 545 Å². The predicted octanol–water partition coefficient (Wildman–Crippen LogP) is 23.7. The van der Waals surface area contributed by atoms with Gasteiger partial charge in [0.2, 0.25) is 11.8 Å². The first-order chi connectivity index (χ1) is 45.0. The van der Waals surface area contributed by atoms with Gasteiger partial charge in [0.05, 0.1) is 16.8 Å². The summed E-state index contributed by atoms with van der Waals surface area (Å²) >= 11 is 0. The molecule has 93 heavy (non-hydrogen) atoms. The quantitative estimate of drug-likeness (QED) is 0.136. The fourth-order valence-electron chi connectivity index (χ4n) is 15.0. The first kappa shape index (κ1) is 57.3. The molecule has 12 aromatic carbocycles. The summed E-state index contributed by atoms with van der Waals surface area (Å²) in [4.78, 5) is 16.5. The van der Waals surface area contributed by atoms with Crippen LogP contribution in [-0.4, -0.2) is 9.97 Å². The summed E-state index contributed by atoms with van der Waals surface area (Å²) in [7, 11) is 0. The maximum atomic E-state index is 7.77. The Hall–Kier alpha value is -10.8. The van der Waals surface area contributed by atoms with Gasteiger partial charge in [-0.2, -0.15) is 0 Å². The van der Waals surface area contributed by atoms with Crippen molar-refractivity contribution in [3.8, 4) is 67.4 Å². The highest BCUT2D eigenvalue weighted by molar-refractivity contribution is 6.16. The van der Waals surface area contributed by atoms with Gasteiger partial charge in [-0.3, -0.25) is 0 Å². The van der Waals surface area contributed by atoms with Gasteiger partial charge >= 0.3 is 0 Å². The summed E-state index contributed by atoms with van der Waals surface area (Å²) in [6.07, 6.45) is 0. The molecule has 0 amide bonds. The highest BCUT2D eigenvalue weighted by atomic mass is 16.4. The molecule has 2 heterocycles. The Balaban J connectivity index is 1.07. The molecular weight excluding hydrogens is 1130 g/mol. The van der Waals surface area contributed by atoms with Crippen LogP contribution < -0.4 is 9.80 Å². The Morgan fingerprint density at radius 2 is 0.624 bits per heavy atom. The van der Waals surface area contributed by atoms with E-state index in [-0.39, 0.29) is 10.8 Å². The van der Waals surface area contributed by atoms with E-state index in [4.69, 9.17) is 18.8 Å². The maximum absolute atomic E-state index is 7.77. The summed E-state index contributed by atoms with van der Waals surface area (Å²) in [6.45, 7) is 22.3. The van der Waals surface area contributed by atoms with E-state index in [1.807, 2.05) is 0 Å². The van der Waals surface area contributed by atoms with Gasteiger partial charge in [-0.15, -0.1) is 0 Å². The van der Waals surface area contributed by atoms with Crippen molar-refractivity contribution in [3.05, 3.63) is 310 Å². The molecule has 2 aliphatic rings. The molecule has 0 saturated heterocycles. The standard InChI is InChI=1S/C87H72N4O2/c1-53-23-21-24-54(2)75(53)83-88-79-73(90(65-47-39-61(40-48-65)85(5,6)7)63-43-35-59(36-44-63)57-27-13-11-14-28-57)51-71-77(81(79)92-83)78-72(87(71)69-33-19-17-31-67(69)68-32-18-20-34-70(68)87)52-74(80-82(78)93-84(89-80)76-55(3)25-22-26-56(76)4)91(66-49-41-62(42-50-66)86(8,9)10)64-45-37-60(38-46-64)58-29-15-12-16-30-58/h11-52H,1-10H3. The second-order valence-electron chi connectivity index (χ2n) is 27.5. The zero-order valence-electron chi connectivity index (χ0n) is 54.4. The van der Waals surface area contributed by atoms with E-state index in [0.29, 0.717) is 22.9 Å². The van der Waals surface area contributed by atoms with Crippen LogP contribution in [0, 0.1) is 27.7 Å². The summed E-state index contributed by atoms with van der Waals surface area (Å²) in [5.74, 6) is 1.11. The maximum Gasteiger partial charge on any atom is 0.227 e. The van der Waals surface area contributed by atoms with Crippen LogP contribution in [0.25, 0.3) is 89.6 Å². The van der Waals surface area contributed by atoms with Crippen LogP contribution in [0.4, 0.5) is 34.1 Å².